The predicted molar refractivity (Wildman–Crippen MR) is 150 cm³/mol. The Hall–Kier alpha value is -2.87. The number of ether oxygens (including phenoxy) is 1. The molecule has 2 N–H and O–H groups in total. The quantitative estimate of drug-likeness (QED) is 0.314. The van der Waals surface area contributed by atoms with Crippen LogP contribution >= 0.6 is 0 Å². The summed E-state index contributed by atoms with van der Waals surface area (Å²) < 4.78 is 5.40. The van der Waals surface area contributed by atoms with Crippen molar-refractivity contribution in [2.45, 2.75) is 66.5 Å². The van der Waals surface area contributed by atoms with E-state index in [0.29, 0.717) is 12.1 Å². The molecule has 8 heteroatoms. The highest BCUT2D eigenvalue weighted by Gasteiger charge is 2.59. The average molecular weight is 528 g/mol. The molecule has 38 heavy (non-hydrogen) atoms. The van der Waals surface area contributed by atoms with E-state index in [0.717, 1.165) is 25.2 Å². The summed E-state index contributed by atoms with van der Waals surface area (Å²) in [5.74, 6) is -3.00. The lowest BCUT2D eigenvalue weighted by atomic mass is 9.69. The van der Waals surface area contributed by atoms with E-state index in [2.05, 4.69) is 24.1 Å². The molecule has 2 amide bonds. The number of benzene rings is 1. The lowest BCUT2D eigenvalue weighted by Gasteiger charge is -2.36. The van der Waals surface area contributed by atoms with Gasteiger partial charge in [0, 0.05) is 30.4 Å². The van der Waals surface area contributed by atoms with Crippen LogP contribution in [-0.2, 0) is 19.1 Å². The van der Waals surface area contributed by atoms with E-state index in [9.17, 15) is 19.5 Å². The van der Waals surface area contributed by atoms with Gasteiger partial charge in [-0.3, -0.25) is 14.4 Å². The summed E-state index contributed by atoms with van der Waals surface area (Å²) in [6.07, 6.45) is 5.32. The van der Waals surface area contributed by atoms with E-state index in [1.807, 2.05) is 57.2 Å². The van der Waals surface area contributed by atoms with Crippen molar-refractivity contribution >= 4 is 29.2 Å². The molecule has 7 atom stereocenters. The fraction of sp³-hybridized carbons (Fsp3) is 0.633. The minimum atomic E-state index is -0.841. The van der Waals surface area contributed by atoms with Crippen molar-refractivity contribution in [2.24, 2.45) is 29.6 Å². The number of aliphatic hydroxyl groups excluding tert-OH is 1. The van der Waals surface area contributed by atoms with Crippen LogP contribution < -0.4 is 10.2 Å². The van der Waals surface area contributed by atoms with Gasteiger partial charge in [-0.15, -0.1) is 0 Å². The number of nitrogens with zero attached hydrogens (tertiary/aromatic N) is 2. The Morgan fingerprint density at radius 1 is 1.08 bits per heavy atom. The molecule has 0 radical (unpaired) electrons. The Kier molecular flexibility index (Phi) is 10.4. The van der Waals surface area contributed by atoms with Gasteiger partial charge in [-0.05, 0) is 63.3 Å². The molecule has 1 aromatic carbocycles. The Balaban J connectivity index is 2.00. The molecule has 210 valence electrons. The normalized spacial score (nSPS) is 26.0. The number of amides is 2. The Labute approximate surface area is 227 Å². The molecule has 2 aliphatic rings. The van der Waals surface area contributed by atoms with Crippen LogP contribution in [0, 0.1) is 29.6 Å². The minimum absolute atomic E-state index is 0.0280. The van der Waals surface area contributed by atoms with E-state index >= 15 is 0 Å². The van der Waals surface area contributed by atoms with Crippen molar-refractivity contribution in [1.82, 2.24) is 4.90 Å². The van der Waals surface area contributed by atoms with Crippen molar-refractivity contribution in [3.63, 3.8) is 0 Å². The number of hydrogen-bond acceptors (Lipinski definition) is 6. The fourth-order valence-corrected chi connectivity index (χ4v) is 6.13. The molecule has 1 aliphatic heterocycles. The van der Waals surface area contributed by atoms with Crippen LogP contribution in [0.1, 0.15) is 54.4 Å². The average Bonchev–Trinajstić information content (AvgIpc) is 3.22. The first kappa shape index (κ1) is 29.7. The van der Waals surface area contributed by atoms with Gasteiger partial charge in [0.1, 0.15) is 6.04 Å². The van der Waals surface area contributed by atoms with E-state index in [1.54, 1.807) is 11.8 Å². The number of fused-ring (bicyclic) bond motifs is 1. The first-order valence-corrected chi connectivity index (χ1v) is 14.2. The van der Waals surface area contributed by atoms with Gasteiger partial charge in [0.15, 0.2) is 0 Å². The van der Waals surface area contributed by atoms with Crippen LogP contribution in [0.3, 0.4) is 0 Å². The second-order valence-corrected chi connectivity index (χ2v) is 10.4. The van der Waals surface area contributed by atoms with Gasteiger partial charge < -0.3 is 25.0 Å². The van der Waals surface area contributed by atoms with Crippen LogP contribution in [0.25, 0.3) is 0 Å². The van der Waals surface area contributed by atoms with Crippen LogP contribution in [0.5, 0.6) is 0 Å². The van der Waals surface area contributed by atoms with Crippen molar-refractivity contribution in [3.8, 4) is 0 Å². The second kappa shape index (κ2) is 13.3. The van der Waals surface area contributed by atoms with E-state index in [-0.39, 0.29) is 36.9 Å². The number of esters is 1. The third-order valence-corrected chi connectivity index (χ3v) is 8.45. The van der Waals surface area contributed by atoms with Crippen molar-refractivity contribution in [2.75, 3.05) is 36.5 Å². The molecule has 0 spiro atoms. The number of rotatable bonds is 12. The fourth-order valence-electron chi connectivity index (χ4n) is 6.13. The predicted octanol–water partition coefficient (Wildman–Crippen LogP) is 4.10. The lowest BCUT2D eigenvalue weighted by Crippen LogP contribution is -2.52. The number of anilines is 2. The molecule has 1 saturated heterocycles. The van der Waals surface area contributed by atoms with E-state index in [4.69, 9.17) is 4.74 Å². The highest BCUT2D eigenvalue weighted by atomic mass is 16.5. The molecule has 0 bridgehead atoms. The monoisotopic (exact) mass is 527 g/mol. The minimum Gasteiger partial charge on any atom is -0.466 e. The number of carbonyl (C=O) groups is 3. The zero-order chi connectivity index (χ0) is 28.0. The van der Waals surface area contributed by atoms with Gasteiger partial charge in [-0.25, -0.2) is 0 Å². The highest BCUT2D eigenvalue weighted by molar-refractivity contribution is 6.01. The third kappa shape index (κ3) is 5.75. The molecule has 0 unspecified atom stereocenters. The number of nitrogens with one attached hydrogen (secondary N) is 1. The number of carbonyl (C=O) groups excluding carboxylic acids is 3. The molecule has 1 aromatic rings. The maximum absolute atomic E-state index is 14.1. The first-order valence-electron chi connectivity index (χ1n) is 14.2. The standard InChI is InChI=1S/C30H45N3O5/c1-7-19(6)24(18-34)33-27(28(35)31-21-13-15-22(16-14-21)32(9-3)10-4)23-17-12-20(8-2)25(26(23)29(33)36)30(37)38-11-5/h12-17,19-20,23-27,34H,7-11,18H2,1-6H3,(H,31,35)/t19-,20+,23-,24-,25+,26+,27-/m0/s1. The summed E-state index contributed by atoms with van der Waals surface area (Å²) in [6, 6.07) is 6.31. The molecule has 1 heterocycles. The van der Waals surface area contributed by atoms with Gasteiger partial charge in [0.2, 0.25) is 11.8 Å². The topological polar surface area (TPSA) is 99.2 Å². The molecule has 1 aliphatic carbocycles. The maximum atomic E-state index is 14.1. The Bertz CT molecular complexity index is 990. The summed E-state index contributed by atoms with van der Waals surface area (Å²) >= 11 is 0. The molecular formula is C30H45N3O5. The van der Waals surface area contributed by atoms with Crippen molar-refractivity contribution in [3.05, 3.63) is 36.4 Å². The highest BCUT2D eigenvalue weighted by Crippen LogP contribution is 2.46. The molecule has 8 nitrogen and oxygen atoms in total. The van der Waals surface area contributed by atoms with E-state index in [1.165, 1.54) is 0 Å². The van der Waals surface area contributed by atoms with Gasteiger partial charge in [0.05, 0.1) is 31.1 Å². The summed E-state index contributed by atoms with van der Waals surface area (Å²) in [4.78, 5) is 44.9. The van der Waals surface area contributed by atoms with Crippen LogP contribution in [0.2, 0.25) is 0 Å². The number of allylic oxidation sites excluding steroid dienone is 1. The summed E-state index contributed by atoms with van der Waals surface area (Å²) in [5.41, 5.74) is 1.71. The SMILES string of the molecule is CCOC(=O)[C@H]1[C@@H]2C(=O)N([C@@H](CO)[C@@H](C)CC)[C@H](C(=O)Nc3ccc(N(CC)CC)cc3)[C@H]2C=C[C@H]1CC. The maximum Gasteiger partial charge on any atom is 0.310 e. The van der Waals surface area contributed by atoms with Crippen LogP contribution in [0.15, 0.2) is 36.4 Å². The van der Waals surface area contributed by atoms with Gasteiger partial charge in [-0.2, -0.15) is 0 Å². The first-order chi connectivity index (χ1) is 18.3. The second-order valence-electron chi connectivity index (χ2n) is 10.4. The summed E-state index contributed by atoms with van der Waals surface area (Å²) in [6.45, 7) is 13.7. The Morgan fingerprint density at radius 3 is 2.26 bits per heavy atom. The summed E-state index contributed by atoms with van der Waals surface area (Å²) in [5, 5.41) is 13.4. The van der Waals surface area contributed by atoms with Gasteiger partial charge in [-0.1, -0.05) is 39.3 Å². The smallest absolute Gasteiger partial charge is 0.310 e. The summed E-state index contributed by atoms with van der Waals surface area (Å²) in [7, 11) is 0. The van der Waals surface area contributed by atoms with Crippen LogP contribution in [0.4, 0.5) is 11.4 Å². The molecule has 0 aromatic heterocycles. The molecular weight excluding hydrogens is 482 g/mol. The van der Waals surface area contributed by atoms with Gasteiger partial charge >= 0.3 is 5.97 Å². The lowest BCUT2D eigenvalue weighted by molar-refractivity contribution is -0.156. The van der Waals surface area contributed by atoms with Gasteiger partial charge in [0.25, 0.3) is 0 Å². The molecule has 3 rings (SSSR count). The third-order valence-electron chi connectivity index (χ3n) is 8.45. The van der Waals surface area contributed by atoms with E-state index < -0.39 is 35.8 Å². The largest absolute Gasteiger partial charge is 0.466 e. The number of likely N-dealkylation sites (tertiary alicyclic amines) is 1. The van der Waals surface area contributed by atoms with Crippen LogP contribution in [-0.4, -0.2) is 66.2 Å². The molecule has 1 fully saturated rings. The number of hydrogen-bond donors (Lipinski definition) is 2. The number of aliphatic hydroxyl groups is 1. The van der Waals surface area contributed by atoms with Crippen molar-refractivity contribution < 1.29 is 24.2 Å². The zero-order valence-corrected chi connectivity index (χ0v) is 23.7. The zero-order valence-electron chi connectivity index (χ0n) is 23.7. The van der Waals surface area contributed by atoms with Crippen molar-refractivity contribution in [1.29, 1.82) is 0 Å². The molecule has 0 saturated carbocycles. The Morgan fingerprint density at radius 2 is 1.74 bits per heavy atom.